The molecule has 1 aromatic heterocycles. The van der Waals surface area contributed by atoms with E-state index in [4.69, 9.17) is 5.11 Å². The Kier molecular flexibility index (Phi) is 3.72. The number of hydrogen-bond donors (Lipinski definition) is 1. The molecule has 6 heteroatoms. The van der Waals surface area contributed by atoms with Gasteiger partial charge in [-0.3, -0.25) is 4.79 Å². The van der Waals surface area contributed by atoms with Crippen LogP contribution in [0, 0.1) is 17.8 Å². The van der Waals surface area contributed by atoms with E-state index in [1.165, 1.54) is 25.7 Å². The van der Waals surface area contributed by atoms with Crippen molar-refractivity contribution in [1.82, 2.24) is 20.2 Å². The van der Waals surface area contributed by atoms with Crippen LogP contribution < -0.4 is 0 Å². The van der Waals surface area contributed by atoms with Crippen LogP contribution in [0.4, 0.5) is 0 Å². The van der Waals surface area contributed by atoms with Crippen LogP contribution in [0.3, 0.4) is 0 Å². The molecule has 1 heterocycles. The minimum atomic E-state index is -0.744. The summed E-state index contributed by atoms with van der Waals surface area (Å²) >= 11 is 0. The van der Waals surface area contributed by atoms with Crippen LogP contribution in [0.1, 0.15) is 57.2 Å². The highest BCUT2D eigenvalue weighted by Crippen LogP contribution is 2.60. The largest absolute Gasteiger partial charge is 0.481 e. The van der Waals surface area contributed by atoms with Crippen LogP contribution in [0.5, 0.6) is 0 Å². The molecule has 0 aromatic carbocycles. The number of nitrogens with zero attached hydrogens (tertiary/aromatic N) is 4. The Bertz CT molecular complexity index is 475. The van der Waals surface area contributed by atoms with Gasteiger partial charge in [-0.05, 0) is 41.0 Å². The van der Waals surface area contributed by atoms with E-state index in [-0.39, 0.29) is 12.3 Å². The molecule has 2 saturated carbocycles. The average molecular weight is 278 g/mol. The van der Waals surface area contributed by atoms with Crippen LogP contribution in [-0.4, -0.2) is 31.3 Å². The number of carboxylic acid groups (broad SMARTS) is 1. The molecule has 0 amide bonds. The number of rotatable bonds is 6. The fourth-order valence-corrected chi connectivity index (χ4v) is 3.79. The van der Waals surface area contributed by atoms with Gasteiger partial charge < -0.3 is 5.11 Å². The fraction of sp³-hybridized carbons (Fsp3) is 0.857. The first kappa shape index (κ1) is 13.5. The van der Waals surface area contributed by atoms with Crippen molar-refractivity contribution < 1.29 is 9.90 Å². The molecular weight excluding hydrogens is 256 g/mol. The van der Waals surface area contributed by atoms with E-state index in [2.05, 4.69) is 15.5 Å². The van der Waals surface area contributed by atoms with Crippen molar-refractivity contribution in [2.24, 2.45) is 17.8 Å². The first-order valence-electron chi connectivity index (χ1n) is 7.68. The molecule has 110 valence electrons. The van der Waals surface area contributed by atoms with E-state index < -0.39 is 5.97 Å². The van der Waals surface area contributed by atoms with Crippen molar-refractivity contribution in [3.05, 3.63) is 5.82 Å². The van der Waals surface area contributed by atoms with Gasteiger partial charge in [-0.2, -0.15) is 0 Å². The molecule has 0 bridgehead atoms. The van der Waals surface area contributed by atoms with Gasteiger partial charge in [0.2, 0.25) is 0 Å². The van der Waals surface area contributed by atoms with Crippen LogP contribution in [0.25, 0.3) is 0 Å². The Hall–Kier alpha value is -1.46. The van der Waals surface area contributed by atoms with E-state index >= 15 is 0 Å². The number of hydrogen-bond acceptors (Lipinski definition) is 4. The summed E-state index contributed by atoms with van der Waals surface area (Å²) in [6.45, 7) is 2.65. The quantitative estimate of drug-likeness (QED) is 0.861. The molecule has 20 heavy (non-hydrogen) atoms. The lowest BCUT2D eigenvalue weighted by atomic mass is 10.0. The maximum Gasteiger partial charge on any atom is 0.303 e. The second-order valence-electron chi connectivity index (χ2n) is 6.23. The molecular formula is C14H22N4O2. The Morgan fingerprint density at radius 2 is 2.10 bits per heavy atom. The minimum absolute atomic E-state index is 0.107. The van der Waals surface area contributed by atoms with Crippen molar-refractivity contribution >= 4 is 5.97 Å². The van der Waals surface area contributed by atoms with Crippen molar-refractivity contribution in [2.45, 2.75) is 57.9 Å². The molecule has 2 aliphatic carbocycles. The molecule has 0 radical (unpaired) electrons. The van der Waals surface area contributed by atoms with E-state index in [0.29, 0.717) is 12.5 Å². The van der Waals surface area contributed by atoms with Crippen LogP contribution in [0.15, 0.2) is 0 Å². The number of aliphatic carboxylic acids is 1. The molecule has 0 spiro atoms. The number of tetrazole rings is 1. The molecule has 3 rings (SSSR count). The van der Waals surface area contributed by atoms with Crippen LogP contribution >= 0.6 is 0 Å². The monoisotopic (exact) mass is 278 g/mol. The van der Waals surface area contributed by atoms with Gasteiger partial charge in [0.25, 0.3) is 0 Å². The first-order chi connectivity index (χ1) is 9.70. The molecule has 3 atom stereocenters. The summed E-state index contributed by atoms with van der Waals surface area (Å²) in [5, 5.41) is 21.1. The summed E-state index contributed by atoms with van der Waals surface area (Å²) in [6.07, 6.45) is 6.28. The average Bonchev–Trinajstić information content (AvgIpc) is 2.99. The summed E-state index contributed by atoms with van der Waals surface area (Å²) in [4.78, 5) is 10.9. The minimum Gasteiger partial charge on any atom is -0.481 e. The van der Waals surface area contributed by atoms with Gasteiger partial charge >= 0.3 is 5.97 Å². The lowest BCUT2D eigenvalue weighted by Crippen LogP contribution is -2.17. The van der Waals surface area contributed by atoms with E-state index in [1.807, 2.05) is 11.6 Å². The number of fused-ring (bicyclic) bond motifs is 1. The topological polar surface area (TPSA) is 80.9 Å². The summed E-state index contributed by atoms with van der Waals surface area (Å²) in [6, 6.07) is 0. The molecule has 1 N–H and O–H groups in total. The predicted octanol–water partition coefficient (Wildman–Crippen LogP) is 2.08. The summed E-state index contributed by atoms with van der Waals surface area (Å²) in [7, 11) is 0. The Morgan fingerprint density at radius 1 is 1.40 bits per heavy atom. The van der Waals surface area contributed by atoms with Gasteiger partial charge in [0.15, 0.2) is 5.82 Å². The van der Waals surface area contributed by atoms with Gasteiger partial charge in [-0.25, -0.2) is 4.68 Å². The Morgan fingerprint density at radius 3 is 2.70 bits per heavy atom. The normalized spacial score (nSPS) is 29.8. The summed E-state index contributed by atoms with van der Waals surface area (Å²) in [5.41, 5.74) is 0. The maximum absolute atomic E-state index is 10.9. The number of carboxylic acids is 1. The van der Waals surface area contributed by atoms with Gasteiger partial charge in [0.1, 0.15) is 0 Å². The van der Waals surface area contributed by atoms with Crippen LogP contribution in [0.2, 0.25) is 0 Å². The second-order valence-corrected chi connectivity index (χ2v) is 6.23. The second kappa shape index (κ2) is 5.50. The van der Waals surface area contributed by atoms with E-state index in [1.54, 1.807) is 0 Å². The lowest BCUT2D eigenvalue weighted by Gasteiger charge is -2.13. The maximum atomic E-state index is 10.9. The van der Waals surface area contributed by atoms with Crippen molar-refractivity contribution in [3.63, 3.8) is 0 Å². The third kappa shape index (κ3) is 2.55. The van der Waals surface area contributed by atoms with Crippen molar-refractivity contribution in [2.75, 3.05) is 0 Å². The third-order valence-corrected chi connectivity index (χ3v) is 4.99. The zero-order chi connectivity index (χ0) is 14.1. The SMILES string of the molecule is CCC(CC(=O)O)Cn1nnnc1C1C2CCCCC21. The molecule has 0 aliphatic heterocycles. The smallest absolute Gasteiger partial charge is 0.303 e. The standard InChI is InChI=1S/C14H22N4O2/c1-2-9(7-12(19)20)8-18-14(15-16-17-18)13-10-5-3-4-6-11(10)13/h9-11,13H,2-8H2,1H3,(H,19,20). The van der Waals surface area contributed by atoms with E-state index in [0.717, 1.165) is 24.1 Å². The third-order valence-electron chi connectivity index (χ3n) is 4.99. The molecule has 2 fully saturated rings. The van der Waals surface area contributed by atoms with E-state index in [9.17, 15) is 4.79 Å². The zero-order valence-corrected chi connectivity index (χ0v) is 11.9. The zero-order valence-electron chi connectivity index (χ0n) is 11.9. The molecule has 2 aliphatic rings. The van der Waals surface area contributed by atoms with Gasteiger partial charge in [0, 0.05) is 18.9 Å². The first-order valence-corrected chi connectivity index (χ1v) is 7.68. The van der Waals surface area contributed by atoms with Gasteiger partial charge in [0.05, 0.1) is 0 Å². The molecule has 0 saturated heterocycles. The van der Waals surface area contributed by atoms with Crippen molar-refractivity contribution in [3.8, 4) is 0 Å². The summed E-state index contributed by atoms with van der Waals surface area (Å²) < 4.78 is 1.86. The molecule has 1 aromatic rings. The highest BCUT2D eigenvalue weighted by atomic mass is 16.4. The lowest BCUT2D eigenvalue weighted by molar-refractivity contribution is -0.138. The van der Waals surface area contributed by atoms with Crippen LogP contribution in [-0.2, 0) is 11.3 Å². The molecule has 6 nitrogen and oxygen atoms in total. The van der Waals surface area contributed by atoms with Gasteiger partial charge in [-0.15, -0.1) is 5.10 Å². The van der Waals surface area contributed by atoms with Gasteiger partial charge in [-0.1, -0.05) is 26.2 Å². The Balaban J connectivity index is 1.69. The predicted molar refractivity (Wildman–Crippen MR) is 72.0 cm³/mol. The summed E-state index contributed by atoms with van der Waals surface area (Å²) in [5.74, 6) is 2.42. The van der Waals surface area contributed by atoms with Crippen molar-refractivity contribution in [1.29, 1.82) is 0 Å². The number of carbonyl (C=O) groups is 1. The number of aromatic nitrogens is 4. The molecule has 3 unspecified atom stereocenters. The highest BCUT2D eigenvalue weighted by molar-refractivity contribution is 5.66. The fourth-order valence-electron chi connectivity index (χ4n) is 3.79. The highest BCUT2D eigenvalue weighted by Gasteiger charge is 2.53. The Labute approximate surface area is 118 Å².